The van der Waals surface area contributed by atoms with Crippen LogP contribution >= 0.6 is 0 Å². The quantitative estimate of drug-likeness (QED) is 0.845. The second-order valence-corrected chi connectivity index (χ2v) is 5.16. The minimum absolute atomic E-state index is 0.441. The lowest BCUT2D eigenvalue weighted by Crippen LogP contribution is -2.25. The van der Waals surface area contributed by atoms with E-state index in [0.29, 0.717) is 6.04 Å². The molecule has 0 aromatic heterocycles. The van der Waals surface area contributed by atoms with Crippen LogP contribution < -0.4 is 10.6 Å². The summed E-state index contributed by atoms with van der Waals surface area (Å²) in [6.45, 7) is 3.26. The van der Waals surface area contributed by atoms with Gasteiger partial charge in [-0.1, -0.05) is 17.7 Å². The Kier molecular flexibility index (Phi) is 3.49. The molecule has 0 heterocycles. The third-order valence-corrected chi connectivity index (χ3v) is 3.59. The number of aryl methyl sites for hydroxylation is 1. The van der Waals surface area contributed by atoms with Gasteiger partial charge in [0.1, 0.15) is 0 Å². The lowest BCUT2D eigenvalue weighted by Gasteiger charge is -2.23. The molecule has 2 atom stereocenters. The van der Waals surface area contributed by atoms with E-state index >= 15 is 0 Å². The lowest BCUT2D eigenvalue weighted by molar-refractivity contribution is 0.536. The van der Waals surface area contributed by atoms with Gasteiger partial charge < -0.3 is 10.6 Å². The monoisotopic (exact) mass is 218 g/mol. The van der Waals surface area contributed by atoms with Gasteiger partial charge >= 0.3 is 0 Å². The summed E-state index contributed by atoms with van der Waals surface area (Å²) in [7, 11) is 2.18. The van der Waals surface area contributed by atoms with Crippen LogP contribution in [-0.4, -0.2) is 19.6 Å². The highest BCUT2D eigenvalue weighted by Gasteiger charge is 2.22. The van der Waals surface area contributed by atoms with Crippen LogP contribution in [0.25, 0.3) is 0 Å². The molecule has 2 rings (SSSR count). The summed E-state index contributed by atoms with van der Waals surface area (Å²) in [5.74, 6) is 0.779. The van der Waals surface area contributed by atoms with Crippen molar-refractivity contribution in [2.24, 2.45) is 11.7 Å². The summed E-state index contributed by atoms with van der Waals surface area (Å²) in [5.41, 5.74) is 8.57. The van der Waals surface area contributed by atoms with E-state index in [1.165, 1.54) is 30.5 Å². The third-order valence-electron chi connectivity index (χ3n) is 3.59. The van der Waals surface area contributed by atoms with Gasteiger partial charge in [0.05, 0.1) is 0 Å². The molecule has 2 nitrogen and oxygen atoms in total. The molecule has 0 radical (unpaired) electrons. The first-order valence-electron chi connectivity index (χ1n) is 6.18. The molecule has 1 fully saturated rings. The molecule has 2 N–H and O–H groups in total. The molecule has 16 heavy (non-hydrogen) atoms. The summed E-state index contributed by atoms with van der Waals surface area (Å²) in [4.78, 5) is 2.35. The van der Waals surface area contributed by atoms with Crippen molar-refractivity contribution < 1.29 is 0 Å². The molecular weight excluding hydrogens is 196 g/mol. The molecule has 1 saturated carbocycles. The maximum absolute atomic E-state index is 5.94. The van der Waals surface area contributed by atoms with Crippen molar-refractivity contribution in [1.29, 1.82) is 0 Å². The first-order chi connectivity index (χ1) is 7.65. The van der Waals surface area contributed by atoms with Crippen LogP contribution in [0.5, 0.6) is 0 Å². The normalized spacial score (nSPS) is 24.7. The predicted octanol–water partition coefficient (Wildman–Crippen LogP) is 2.56. The number of rotatable bonds is 3. The largest absolute Gasteiger partial charge is 0.374 e. The van der Waals surface area contributed by atoms with Crippen molar-refractivity contribution in [1.82, 2.24) is 0 Å². The van der Waals surface area contributed by atoms with Gasteiger partial charge in [0, 0.05) is 25.3 Å². The molecule has 0 amide bonds. The molecule has 0 spiro atoms. The Morgan fingerprint density at radius 1 is 1.25 bits per heavy atom. The van der Waals surface area contributed by atoms with Gasteiger partial charge in [0.2, 0.25) is 0 Å². The third kappa shape index (κ3) is 2.76. The Morgan fingerprint density at radius 3 is 2.50 bits per heavy atom. The Labute approximate surface area is 98.4 Å². The standard InChI is InChI=1S/C14H22N2/c1-11-3-7-14(8-4-11)16(2)10-12-5-6-13(15)9-12/h3-4,7-8,12-13H,5-6,9-10,15H2,1-2H3. The molecule has 0 bridgehead atoms. The SMILES string of the molecule is Cc1ccc(N(C)CC2CCC(N)C2)cc1. The zero-order valence-electron chi connectivity index (χ0n) is 10.3. The molecule has 1 aromatic rings. The first kappa shape index (κ1) is 11.5. The zero-order valence-corrected chi connectivity index (χ0v) is 10.3. The minimum atomic E-state index is 0.441. The highest BCUT2D eigenvalue weighted by atomic mass is 15.1. The van der Waals surface area contributed by atoms with Gasteiger partial charge in [-0.15, -0.1) is 0 Å². The summed E-state index contributed by atoms with van der Waals surface area (Å²) in [5, 5.41) is 0. The highest BCUT2D eigenvalue weighted by molar-refractivity contribution is 5.46. The Hall–Kier alpha value is -1.02. The number of benzene rings is 1. The average molecular weight is 218 g/mol. The Morgan fingerprint density at radius 2 is 1.94 bits per heavy atom. The zero-order chi connectivity index (χ0) is 11.5. The highest BCUT2D eigenvalue weighted by Crippen LogP contribution is 2.26. The van der Waals surface area contributed by atoms with Crippen LogP contribution in [0.15, 0.2) is 24.3 Å². The molecule has 1 aromatic carbocycles. The molecule has 2 unspecified atom stereocenters. The Bertz CT molecular complexity index is 331. The summed E-state index contributed by atoms with van der Waals surface area (Å²) >= 11 is 0. The summed E-state index contributed by atoms with van der Waals surface area (Å²) in [6.07, 6.45) is 3.68. The number of hydrogen-bond acceptors (Lipinski definition) is 2. The van der Waals surface area contributed by atoms with E-state index in [4.69, 9.17) is 5.73 Å². The fraction of sp³-hybridized carbons (Fsp3) is 0.571. The van der Waals surface area contributed by atoms with E-state index in [1.54, 1.807) is 0 Å². The first-order valence-corrected chi connectivity index (χ1v) is 6.18. The maximum Gasteiger partial charge on any atom is 0.0363 e. The summed E-state index contributed by atoms with van der Waals surface area (Å²) in [6, 6.07) is 9.18. The van der Waals surface area contributed by atoms with Crippen molar-refractivity contribution in [2.45, 2.75) is 32.2 Å². The molecule has 0 saturated heterocycles. The van der Waals surface area contributed by atoms with E-state index in [9.17, 15) is 0 Å². The van der Waals surface area contributed by atoms with Gasteiger partial charge in [-0.2, -0.15) is 0 Å². The topological polar surface area (TPSA) is 29.3 Å². The van der Waals surface area contributed by atoms with Crippen molar-refractivity contribution in [3.63, 3.8) is 0 Å². The van der Waals surface area contributed by atoms with Gasteiger partial charge in [-0.25, -0.2) is 0 Å². The van der Waals surface area contributed by atoms with E-state index in [1.807, 2.05) is 0 Å². The fourth-order valence-corrected chi connectivity index (χ4v) is 2.57. The molecule has 0 aliphatic heterocycles. The van der Waals surface area contributed by atoms with Crippen LogP contribution in [0.3, 0.4) is 0 Å². The van der Waals surface area contributed by atoms with Crippen LogP contribution in [0.1, 0.15) is 24.8 Å². The number of anilines is 1. The van der Waals surface area contributed by atoms with Crippen LogP contribution in [-0.2, 0) is 0 Å². The minimum Gasteiger partial charge on any atom is -0.374 e. The summed E-state index contributed by atoms with van der Waals surface area (Å²) < 4.78 is 0. The van der Waals surface area contributed by atoms with Gasteiger partial charge in [-0.05, 0) is 44.2 Å². The second kappa shape index (κ2) is 4.88. The number of nitrogens with zero attached hydrogens (tertiary/aromatic N) is 1. The second-order valence-electron chi connectivity index (χ2n) is 5.16. The smallest absolute Gasteiger partial charge is 0.0363 e. The maximum atomic E-state index is 5.94. The van der Waals surface area contributed by atoms with Crippen LogP contribution in [0, 0.1) is 12.8 Å². The van der Waals surface area contributed by atoms with Crippen molar-refractivity contribution in [2.75, 3.05) is 18.5 Å². The predicted molar refractivity (Wildman–Crippen MR) is 69.8 cm³/mol. The van der Waals surface area contributed by atoms with Crippen molar-refractivity contribution in [3.8, 4) is 0 Å². The fourth-order valence-electron chi connectivity index (χ4n) is 2.57. The van der Waals surface area contributed by atoms with Crippen molar-refractivity contribution in [3.05, 3.63) is 29.8 Å². The van der Waals surface area contributed by atoms with Crippen LogP contribution in [0.4, 0.5) is 5.69 Å². The van der Waals surface area contributed by atoms with E-state index < -0.39 is 0 Å². The Balaban J connectivity index is 1.92. The van der Waals surface area contributed by atoms with Gasteiger partial charge in [-0.3, -0.25) is 0 Å². The van der Waals surface area contributed by atoms with Crippen molar-refractivity contribution >= 4 is 5.69 Å². The van der Waals surface area contributed by atoms with Gasteiger partial charge in [0.25, 0.3) is 0 Å². The molecule has 88 valence electrons. The number of hydrogen-bond donors (Lipinski definition) is 1. The van der Waals surface area contributed by atoms with Crippen LogP contribution in [0.2, 0.25) is 0 Å². The molecule has 2 heteroatoms. The molecule has 1 aliphatic rings. The average Bonchev–Trinajstić information content (AvgIpc) is 2.65. The van der Waals surface area contributed by atoms with Gasteiger partial charge in [0.15, 0.2) is 0 Å². The van der Waals surface area contributed by atoms with E-state index in [-0.39, 0.29) is 0 Å². The number of nitrogens with two attached hydrogens (primary N) is 1. The molecule has 1 aliphatic carbocycles. The van der Waals surface area contributed by atoms with E-state index in [0.717, 1.165) is 12.5 Å². The van der Waals surface area contributed by atoms with E-state index in [2.05, 4.69) is 43.1 Å². The molecular formula is C14H22N2. The lowest BCUT2D eigenvalue weighted by atomic mass is 10.1.